The smallest absolute Gasteiger partial charge is 0.335 e. The standard InChI is InChI=1S/C36H30BrN3O4/c1-3-7-30-20-26(21-32(37)34(30)44-23-25-11-13-29(14-12-25)36(42)43)22-38-39-35(41)28-15-17-31(18-16-28)40-24(2)10-19-33(40)27-8-5-4-6-9-27/h3-6,8-22H,1,7,23H2,2H3,(H,39,41)(H,42,43)/b38-22+. The van der Waals surface area contributed by atoms with Crippen molar-refractivity contribution in [1.82, 2.24) is 9.99 Å². The third kappa shape index (κ3) is 7.04. The molecule has 0 unspecified atom stereocenters. The Morgan fingerprint density at radius 2 is 1.66 bits per heavy atom. The zero-order chi connectivity index (χ0) is 31.1. The van der Waals surface area contributed by atoms with Crippen molar-refractivity contribution in [2.24, 2.45) is 5.10 Å². The van der Waals surface area contributed by atoms with Gasteiger partial charge in [0.05, 0.1) is 21.9 Å². The number of hydrazone groups is 1. The van der Waals surface area contributed by atoms with Gasteiger partial charge in [0.25, 0.3) is 5.91 Å². The Bertz CT molecular complexity index is 1830. The minimum Gasteiger partial charge on any atom is -0.487 e. The molecule has 0 saturated heterocycles. The molecular formula is C36H30BrN3O4. The Morgan fingerprint density at radius 3 is 2.34 bits per heavy atom. The lowest BCUT2D eigenvalue weighted by atomic mass is 10.1. The number of ether oxygens (including phenoxy) is 1. The van der Waals surface area contributed by atoms with Crippen molar-refractivity contribution in [3.05, 3.63) is 154 Å². The van der Waals surface area contributed by atoms with Crippen molar-refractivity contribution in [2.45, 2.75) is 20.0 Å². The number of halogens is 1. The van der Waals surface area contributed by atoms with E-state index in [1.54, 1.807) is 48.7 Å². The van der Waals surface area contributed by atoms with Crippen LogP contribution in [0.3, 0.4) is 0 Å². The lowest BCUT2D eigenvalue weighted by Gasteiger charge is -2.14. The lowest BCUT2D eigenvalue weighted by Crippen LogP contribution is -2.17. The average Bonchev–Trinajstić information content (AvgIpc) is 3.42. The van der Waals surface area contributed by atoms with E-state index in [0.717, 1.165) is 43.8 Å². The van der Waals surface area contributed by atoms with Crippen LogP contribution < -0.4 is 10.2 Å². The Labute approximate surface area is 264 Å². The number of carbonyl (C=O) groups is 2. The van der Waals surface area contributed by atoms with Gasteiger partial charge in [0.15, 0.2) is 0 Å². The van der Waals surface area contributed by atoms with Crippen molar-refractivity contribution >= 4 is 34.0 Å². The number of aromatic nitrogens is 1. The van der Waals surface area contributed by atoms with E-state index in [4.69, 9.17) is 9.84 Å². The molecule has 5 rings (SSSR count). The molecule has 0 aliphatic heterocycles. The number of carbonyl (C=O) groups excluding carboxylic acids is 1. The number of nitrogens with zero attached hydrogens (tertiary/aromatic N) is 2. The van der Waals surface area contributed by atoms with Gasteiger partial charge < -0.3 is 14.4 Å². The largest absolute Gasteiger partial charge is 0.487 e. The van der Waals surface area contributed by atoms with E-state index >= 15 is 0 Å². The maximum atomic E-state index is 12.9. The van der Waals surface area contributed by atoms with Gasteiger partial charge in [-0.25, -0.2) is 10.2 Å². The number of aryl methyl sites for hydroxylation is 1. The number of nitrogens with one attached hydrogen (secondary N) is 1. The number of rotatable bonds is 11. The maximum Gasteiger partial charge on any atom is 0.335 e. The molecule has 4 aromatic carbocycles. The fourth-order valence-corrected chi connectivity index (χ4v) is 5.46. The number of carboxylic acid groups (broad SMARTS) is 1. The summed E-state index contributed by atoms with van der Waals surface area (Å²) in [6.07, 6.45) is 3.91. The first-order valence-electron chi connectivity index (χ1n) is 13.9. The monoisotopic (exact) mass is 647 g/mol. The summed E-state index contributed by atoms with van der Waals surface area (Å²) in [6, 6.07) is 32.1. The Balaban J connectivity index is 1.25. The number of benzene rings is 4. The van der Waals surface area contributed by atoms with E-state index in [1.807, 2.05) is 42.5 Å². The molecule has 1 aromatic heterocycles. The van der Waals surface area contributed by atoms with Crippen LogP contribution in [0.4, 0.5) is 0 Å². The van der Waals surface area contributed by atoms with Crippen LogP contribution in [0.5, 0.6) is 5.75 Å². The van der Waals surface area contributed by atoms with Crippen molar-refractivity contribution in [3.63, 3.8) is 0 Å². The van der Waals surface area contributed by atoms with Gasteiger partial charge in [-0.05, 0) is 112 Å². The van der Waals surface area contributed by atoms with E-state index in [-0.39, 0.29) is 18.1 Å². The molecule has 8 heteroatoms. The summed E-state index contributed by atoms with van der Waals surface area (Å²) < 4.78 is 8.96. The quantitative estimate of drug-likeness (QED) is 0.0863. The minimum atomic E-state index is -0.972. The van der Waals surface area contributed by atoms with E-state index in [9.17, 15) is 9.59 Å². The Hall–Kier alpha value is -5.21. The predicted molar refractivity (Wildman–Crippen MR) is 177 cm³/mol. The molecule has 0 atom stereocenters. The molecule has 0 spiro atoms. The molecule has 0 radical (unpaired) electrons. The Morgan fingerprint density at radius 1 is 0.955 bits per heavy atom. The zero-order valence-electron chi connectivity index (χ0n) is 24.0. The van der Waals surface area contributed by atoms with Crippen molar-refractivity contribution in [2.75, 3.05) is 0 Å². The molecule has 44 heavy (non-hydrogen) atoms. The van der Waals surface area contributed by atoms with Crippen molar-refractivity contribution < 1.29 is 19.4 Å². The number of aromatic carboxylic acids is 1. The fourth-order valence-electron chi connectivity index (χ4n) is 4.82. The molecule has 1 amide bonds. The number of amides is 1. The van der Waals surface area contributed by atoms with Crippen molar-refractivity contribution in [3.8, 4) is 22.7 Å². The van der Waals surface area contributed by atoms with Crippen LogP contribution in [0.2, 0.25) is 0 Å². The van der Waals surface area contributed by atoms with Gasteiger partial charge in [-0.2, -0.15) is 5.10 Å². The van der Waals surface area contributed by atoms with E-state index in [0.29, 0.717) is 17.7 Å². The summed E-state index contributed by atoms with van der Waals surface area (Å²) in [6.45, 7) is 6.17. The molecule has 0 saturated carbocycles. The van der Waals surface area contributed by atoms with Crippen LogP contribution in [-0.2, 0) is 13.0 Å². The van der Waals surface area contributed by atoms with Crippen LogP contribution >= 0.6 is 15.9 Å². The first-order valence-corrected chi connectivity index (χ1v) is 14.7. The number of hydrogen-bond acceptors (Lipinski definition) is 4. The fraction of sp³-hybridized carbons (Fsp3) is 0.0833. The highest BCUT2D eigenvalue weighted by Crippen LogP contribution is 2.32. The lowest BCUT2D eigenvalue weighted by molar-refractivity contribution is 0.0696. The van der Waals surface area contributed by atoms with Crippen LogP contribution in [0, 0.1) is 6.92 Å². The number of hydrogen-bond donors (Lipinski definition) is 2. The summed E-state index contributed by atoms with van der Waals surface area (Å²) in [7, 11) is 0. The van der Waals surface area contributed by atoms with Gasteiger partial charge in [0, 0.05) is 16.9 Å². The predicted octanol–water partition coefficient (Wildman–Crippen LogP) is 7.98. The molecule has 2 N–H and O–H groups in total. The van der Waals surface area contributed by atoms with Crippen molar-refractivity contribution in [1.29, 1.82) is 0 Å². The third-order valence-corrected chi connectivity index (χ3v) is 7.59. The summed E-state index contributed by atoms with van der Waals surface area (Å²) >= 11 is 3.59. The molecule has 0 bridgehead atoms. The van der Waals surface area contributed by atoms with Crippen LogP contribution in [0.15, 0.2) is 125 Å². The maximum absolute atomic E-state index is 12.9. The zero-order valence-corrected chi connectivity index (χ0v) is 25.6. The number of carboxylic acids is 1. The van der Waals surface area contributed by atoms with Gasteiger partial charge in [0.1, 0.15) is 12.4 Å². The van der Waals surface area contributed by atoms with Gasteiger partial charge in [-0.3, -0.25) is 4.79 Å². The molecular weight excluding hydrogens is 618 g/mol. The molecule has 1 heterocycles. The second-order valence-corrected chi connectivity index (χ2v) is 10.9. The van der Waals surface area contributed by atoms with Gasteiger partial charge in [0.2, 0.25) is 0 Å². The molecule has 0 fully saturated rings. The first kappa shape index (κ1) is 30.3. The summed E-state index contributed by atoms with van der Waals surface area (Å²) in [4.78, 5) is 24.0. The van der Waals surface area contributed by atoms with Gasteiger partial charge in [-0.15, -0.1) is 6.58 Å². The van der Waals surface area contributed by atoms with Gasteiger partial charge >= 0.3 is 5.97 Å². The molecule has 7 nitrogen and oxygen atoms in total. The highest BCUT2D eigenvalue weighted by molar-refractivity contribution is 9.10. The normalized spacial score (nSPS) is 11.0. The summed E-state index contributed by atoms with van der Waals surface area (Å²) in [5.41, 5.74) is 10.1. The molecule has 0 aliphatic rings. The second kappa shape index (κ2) is 13.8. The minimum absolute atomic E-state index is 0.222. The average molecular weight is 649 g/mol. The van der Waals surface area contributed by atoms with Crippen LogP contribution in [0.25, 0.3) is 16.9 Å². The Kier molecular flexibility index (Phi) is 9.52. The highest BCUT2D eigenvalue weighted by Gasteiger charge is 2.13. The van der Waals surface area contributed by atoms with E-state index in [1.165, 1.54) is 0 Å². The summed E-state index contributed by atoms with van der Waals surface area (Å²) in [5, 5.41) is 13.3. The third-order valence-electron chi connectivity index (χ3n) is 7.00. The van der Waals surface area contributed by atoms with E-state index in [2.05, 4.69) is 68.8 Å². The SMILES string of the molecule is C=CCc1cc(/C=N/NC(=O)c2ccc(-n3c(C)ccc3-c3ccccc3)cc2)cc(Br)c1OCc1ccc(C(=O)O)cc1. The van der Waals surface area contributed by atoms with Crippen LogP contribution in [-0.4, -0.2) is 27.8 Å². The van der Waals surface area contributed by atoms with Crippen LogP contribution in [0.1, 0.15) is 43.1 Å². The molecule has 5 aromatic rings. The molecule has 0 aliphatic carbocycles. The van der Waals surface area contributed by atoms with Gasteiger partial charge in [-0.1, -0.05) is 48.5 Å². The highest BCUT2D eigenvalue weighted by atomic mass is 79.9. The summed E-state index contributed by atoms with van der Waals surface area (Å²) in [5.74, 6) is -0.637. The van der Waals surface area contributed by atoms with E-state index < -0.39 is 5.97 Å². The second-order valence-electron chi connectivity index (χ2n) is 10.1. The topological polar surface area (TPSA) is 92.9 Å². The number of allylic oxidation sites excluding steroid dienone is 1. The first-order chi connectivity index (χ1) is 21.3. The molecule has 220 valence electrons.